The second-order valence-corrected chi connectivity index (χ2v) is 10.9. The molecule has 1 fully saturated rings. The van der Waals surface area contributed by atoms with Gasteiger partial charge in [-0.25, -0.2) is 19.3 Å². The smallest absolute Gasteiger partial charge is 0.278 e. The van der Waals surface area contributed by atoms with E-state index >= 15 is 0 Å². The van der Waals surface area contributed by atoms with Crippen molar-refractivity contribution in [2.24, 2.45) is 0 Å². The second kappa shape index (κ2) is 9.46. The predicted molar refractivity (Wildman–Crippen MR) is 152 cm³/mol. The number of aromatic nitrogens is 5. The van der Waals surface area contributed by atoms with Crippen LogP contribution in [-0.4, -0.2) is 55.0 Å². The van der Waals surface area contributed by atoms with Crippen LogP contribution in [0.3, 0.4) is 0 Å². The molecule has 0 aliphatic heterocycles. The van der Waals surface area contributed by atoms with E-state index in [2.05, 4.69) is 53.4 Å². The van der Waals surface area contributed by atoms with Crippen molar-refractivity contribution in [1.29, 1.82) is 0 Å². The standard InChI is InChI=1S/C28H29N7O2S/c1-4-13-34-26(36)21-16-29-27(30-19-8-9-20-18(10-14-33(2)3)17-38-22(20)15-19)32-25(21)35(34)24-7-5-6-23(31-24)28(37)11-12-28/h4-9,15-17,37H,1,10-14H2,2-3H3,(H,29,30,32). The lowest BCUT2D eigenvalue weighted by atomic mass is 10.1. The first kappa shape index (κ1) is 24.5. The zero-order chi connectivity index (χ0) is 26.4. The van der Waals surface area contributed by atoms with E-state index in [0.717, 1.165) is 18.7 Å². The predicted octanol–water partition coefficient (Wildman–Crippen LogP) is 4.21. The first-order chi connectivity index (χ1) is 18.4. The summed E-state index contributed by atoms with van der Waals surface area (Å²) >= 11 is 1.73. The van der Waals surface area contributed by atoms with Crippen molar-refractivity contribution < 1.29 is 5.11 Å². The van der Waals surface area contributed by atoms with Crippen molar-refractivity contribution in [3.05, 3.63) is 82.2 Å². The molecule has 0 saturated heterocycles. The van der Waals surface area contributed by atoms with E-state index in [1.807, 2.05) is 24.3 Å². The quantitative estimate of drug-likeness (QED) is 0.277. The van der Waals surface area contributed by atoms with Gasteiger partial charge in [0, 0.05) is 23.1 Å². The van der Waals surface area contributed by atoms with Crippen LogP contribution < -0.4 is 10.9 Å². The summed E-state index contributed by atoms with van der Waals surface area (Å²) in [7, 11) is 4.17. The molecule has 4 aromatic heterocycles. The van der Waals surface area contributed by atoms with E-state index in [4.69, 9.17) is 9.97 Å². The number of nitrogens with zero attached hydrogens (tertiary/aromatic N) is 6. The van der Waals surface area contributed by atoms with Crippen LogP contribution in [0.2, 0.25) is 0 Å². The normalized spacial score (nSPS) is 14.4. The number of hydrogen-bond acceptors (Lipinski definition) is 8. The SMILES string of the molecule is C=CCn1c(=O)c2cnc(Nc3ccc4c(CCN(C)C)csc4c3)nc2n1-c1cccc(C2(O)CC2)n1. The van der Waals surface area contributed by atoms with Crippen LogP contribution in [0.1, 0.15) is 24.1 Å². The summed E-state index contributed by atoms with van der Waals surface area (Å²) in [5, 5.41) is 17.8. The van der Waals surface area contributed by atoms with E-state index in [1.165, 1.54) is 20.3 Å². The molecular weight excluding hydrogens is 498 g/mol. The van der Waals surface area contributed by atoms with Gasteiger partial charge in [0.2, 0.25) is 5.95 Å². The van der Waals surface area contributed by atoms with Crippen LogP contribution >= 0.6 is 11.3 Å². The van der Waals surface area contributed by atoms with Gasteiger partial charge in [0.05, 0.1) is 12.2 Å². The number of thiophene rings is 1. The average molecular weight is 528 g/mol. The Balaban J connectivity index is 1.38. The van der Waals surface area contributed by atoms with Gasteiger partial charge in [0.1, 0.15) is 11.0 Å². The van der Waals surface area contributed by atoms with Crippen molar-refractivity contribution in [2.75, 3.05) is 26.0 Å². The Bertz CT molecular complexity index is 1730. The maximum Gasteiger partial charge on any atom is 0.278 e. The van der Waals surface area contributed by atoms with E-state index in [9.17, 15) is 9.90 Å². The third-order valence-corrected chi connectivity index (χ3v) is 7.86. The molecule has 194 valence electrons. The van der Waals surface area contributed by atoms with Crippen molar-refractivity contribution in [1.82, 2.24) is 29.2 Å². The van der Waals surface area contributed by atoms with E-state index in [1.54, 1.807) is 28.3 Å². The molecule has 1 saturated carbocycles. The fraction of sp³-hybridized carbons (Fsp3) is 0.286. The van der Waals surface area contributed by atoms with Crippen LogP contribution in [-0.2, 0) is 18.6 Å². The summed E-state index contributed by atoms with van der Waals surface area (Å²) < 4.78 is 4.41. The molecule has 0 unspecified atom stereocenters. The van der Waals surface area contributed by atoms with Gasteiger partial charge >= 0.3 is 0 Å². The molecule has 0 spiro atoms. The number of likely N-dealkylation sites (N-methyl/N-ethyl adjacent to an activating group) is 1. The molecule has 0 atom stereocenters. The Kier molecular flexibility index (Phi) is 6.10. The summed E-state index contributed by atoms with van der Waals surface area (Å²) in [5.41, 5.74) is 2.13. The minimum Gasteiger partial charge on any atom is -0.384 e. The lowest BCUT2D eigenvalue weighted by Crippen LogP contribution is -2.22. The molecule has 5 aromatic rings. The first-order valence-corrected chi connectivity index (χ1v) is 13.5. The number of hydrogen-bond donors (Lipinski definition) is 2. The van der Waals surface area contributed by atoms with Crippen LogP contribution in [0.25, 0.3) is 26.9 Å². The highest BCUT2D eigenvalue weighted by molar-refractivity contribution is 7.17. The van der Waals surface area contributed by atoms with Crippen LogP contribution in [0.5, 0.6) is 0 Å². The van der Waals surface area contributed by atoms with Gasteiger partial charge < -0.3 is 15.3 Å². The number of benzene rings is 1. The number of fused-ring (bicyclic) bond motifs is 2. The molecule has 10 heteroatoms. The number of anilines is 2. The van der Waals surface area contributed by atoms with Crippen LogP contribution in [0.15, 0.2) is 65.4 Å². The lowest BCUT2D eigenvalue weighted by molar-refractivity contribution is 0.146. The Morgan fingerprint density at radius 3 is 2.82 bits per heavy atom. The van der Waals surface area contributed by atoms with Crippen LogP contribution in [0.4, 0.5) is 11.6 Å². The fourth-order valence-corrected chi connectivity index (χ4v) is 5.65. The molecule has 1 aliphatic rings. The largest absolute Gasteiger partial charge is 0.384 e. The first-order valence-electron chi connectivity index (χ1n) is 12.6. The lowest BCUT2D eigenvalue weighted by Gasteiger charge is -2.13. The third-order valence-electron chi connectivity index (χ3n) is 6.87. The molecule has 38 heavy (non-hydrogen) atoms. The minimum atomic E-state index is -0.892. The average Bonchev–Trinajstić information content (AvgIpc) is 3.44. The molecular formula is C28H29N7O2S. The Morgan fingerprint density at radius 2 is 2.05 bits per heavy atom. The van der Waals surface area contributed by atoms with Crippen molar-refractivity contribution in [2.45, 2.75) is 31.4 Å². The highest BCUT2D eigenvalue weighted by Gasteiger charge is 2.43. The molecule has 1 aliphatic carbocycles. The maximum absolute atomic E-state index is 13.2. The van der Waals surface area contributed by atoms with E-state index < -0.39 is 5.60 Å². The highest BCUT2D eigenvalue weighted by atomic mass is 32.1. The van der Waals surface area contributed by atoms with Gasteiger partial charge in [0.25, 0.3) is 5.56 Å². The van der Waals surface area contributed by atoms with Gasteiger partial charge in [-0.1, -0.05) is 18.2 Å². The second-order valence-electron chi connectivity index (χ2n) is 9.98. The molecule has 9 nitrogen and oxygen atoms in total. The van der Waals surface area contributed by atoms with E-state index in [0.29, 0.717) is 41.3 Å². The van der Waals surface area contributed by atoms with Gasteiger partial charge in [-0.2, -0.15) is 4.98 Å². The van der Waals surface area contributed by atoms with Crippen molar-refractivity contribution >= 4 is 44.1 Å². The molecule has 2 N–H and O–H groups in total. The van der Waals surface area contributed by atoms with Crippen molar-refractivity contribution in [3.63, 3.8) is 0 Å². The molecule has 1 aromatic carbocycles. The molecule has 6 rings (SSSR count). The number of rotatable bonds is 9. The summed E-state index contributed by atoms with van der Waals surface area (Å²) in [4.78, 5) is 29.3. The number of nitrogens with one attached hydrogen (secondary N) is 1. The fourth-order valence-electron chi connectivity index (χ4n) is 4.61. The maximum atomic E-state index is 13.2. The summed E-state index contributed by atoms with van der Waals surface area (Å²) in [6.45, 7) is 5.09. The number of aliphatic hydroxyl groups is 1. The van der Waals surface area contributed by atoms with Gasteiger partial charge in [0.15, 0.2) is 11.5 Å². The van der Waals surface area contributed by atoms with Crippen molar-refractivity contribution in [3.8, 4) is 5.82 Å². The highest BCUT2D eigenvalue weighted by Crippen LogP contribution is 2.44. The van der Waals surface area contributed by atoms with Crippen LogP contribution in [0, 0.1) is 0 Å². The molecule has 0 bridgehead atoms. The monoisotopic (exact) mass is 527 g/mol. The summed E-state index contributed by atoms with van der Waals surface area (Å²) in [6.07, 6.45) is 5.56. The summed E-state index contributed by atoms with van der Waals surface area (Å²) in [6, 6.07) is 11.7. The molecule has 0 amide bonds. The van der Waals surface area contributed by atoms with E-state index in [-0.39, 0.29) is 12.1 Å². The van der Waals surface area contributed by atoms with Gasteiger partial charge in [-0.3, -0.25) is 4.79 Å². The topological polar surface area (TPSA) is 101 Å². The summed E-state index contributed by atoms with van der Waals surface area (Å²) in [5.74, 6) is 0.884. The van der Waals surface area contributed by atoms with Gasteiger partial charge in [-0.05, 0) is 74.0 Å². The Morgan fingerprint density at radius 1 is 1.21 bits per heavy atom. The molecule has 4 heterocycles. The zero-order valence-electron chi connectivity index (χ0n) is 21.4. The third kappa shape index (κ3) is 4.40. The number of pyridine rings is 1. The Labute approximate surface area is 223 Å². The number of allylic oxidation sites excluding steroid dienone is 1. The zero-order valence-corrected chi connectivity index (χ0v) is 22.2. The minimum absolute atomic E-state index is 0.228. The van der Waals surface area contributed by atoms with Gasteiger partial charge in [-0.15, -0.1) is 17.9 Å². The molecule has 0 radical (unpaired) electrons. The Hall–Kier alpha value is -3.86.